The Balaban J connectivity index is 1.33. The van der Waals surface area contributed by atoms with Crippen LogP contribution in [0.15, 0.2) is 81.0 Å². The highest BCUT2D eigenvalue weighted by atomic mass is 32.2. The Bertz CT molecular complexity index is 1310. The molecule has 36 heavy (non-hydrogen) atoms. The number of anilines is 1. The van der Waals surface area contributed by atoms with Crippen molar-refractivity contribution in [2.45, 2.75) is 26.2 Å². The molecule has 0 spiro atoms. The number of benzene rings is 2. The second-order valence-corrected chi connectivity index (χ2v) is 9.52. The first-order valence-corrected chi connectivity index (χ1v) is 12.8. The number of piperidine rings is 1. The Morgan fingerprint density at radius 2 is 1.89 bits per heavy atom. The van der Waals surface area contributed by atoms with Crippen LogP contribution in [0.1, 0.15) is 30.4 Å². The molecule has 0 saturated carbocycles. The number of aromatic nitrogens is 2. The van der Waals surface area contributed by atoms with Gasteiger partial charge >= 0.3 is 5.88 Å². The number of nitrogens with zero attached hydrogens (tertiary/aromatic N) is 6. The molecule has 2 aromatic carbocycles. The number of carbonyl (C=O) groups is 1. The van der Waals surface area contributed by atoms with Crippen molar-refractivity contribution in [2.24, 2.45) is 9.98 Å². The lowest BCUT2D eigenvalue weighted by Crippen LogP contribution is -2.60. The van der Waals surface area contributed by atoms with Crippen LogP contribution < -0.4 is 19.8 Å². The summed E-state index contributed by atoms with van der Waals surface area (Å²) in [7, 11) is 0. The zero-order valence-corrected chi connectivity index (χ0v) is 20.7. The van der Waals surface area contributed by atoms with Crippen molar-refractivity contribution in [3.05, 3.63) is 77.6 Å². The van der Waals surface area contributed by atoms with E-state index in [0.29, 0.717) is 16.6 Å². The molecule has 184 valence electrons. The molecular formula is C26H26N6O3S. The van der Waals surface area contributed by atoms with Gasteiger partial charge in [-0.1, -0.05) is 59.8 Å². The van der Waals surface area contributed by atoms with E-state index in [2.05, 4.69) is 20.3 Å². The third-order valence-electron chi connectivity index (χ3n) is 5.85. The average Bonchev–Trinajstić information content (AvgIpc) is 3.49. The molecule has 10 heteroatoms. The van der Waals surface area contributed by atoms with Gasteiger partial charge in [-0.2, -0.15) is 5.01 Å². The number of aryl methyl sites for hydroxylation is 1. The number of amides is 1. The van der Waals surface area contributed by atoms with Crippen LogP contribution in [0.25, 0.3) is 6.08 Å². The third-order valence-corrected chi connectivity index (χ3v) is 6.77. The lowest BCUT2D eigenvalue weighted by Gasteiger charge is -2.18. The minimum atomic E-state index is -0.402. The normalized spacial score (nSPS) is 17.7. The Morgan fingerprint density at radius 3 is 2.64 bits per heavy atom. The number of hydrogen-bond donors (Lipinski definition) is 0. The summed E-state index contributed by atoms with van der Waals surface area (Å²) in [5.41, 5.74) is 3.01. The van der Waals surface area contributed by atoms with E-state index in [0.717, 1.165) is 48.8 Å². The van der Waals surface area contributed by atoms with Crippen LogP contribution in [-0.4, -0.2) is 41.1 Å². The molecule has 0 aliphatic carbocycles. The highest BCUT2D eigenvalue weighted by Crippen LogP contribution is 2.29. The molecule has 5 rings (SSSR count). The Kier molecular flexibility index (Phi) is 7.13. The number of hydrogen-bond acceptors (Lipinski definition) is 8. The molecule has 3 aromatic rings. The molecule has 0 N–H and O–H groups in total. The van der Waals surface area contributed by atoms with Crippen molar-refractivity contribution in [1.82, 2.24) is 5.27 Å². The lowest BCUT2D eigenvalue weighted by atomic mass is 10.1. The van der Waals surface area contributed by atoms with E-state index in [1.165, 1.54) is 11.3 Å². The molecule has 1 saturated heterocycles. The van der Waals surface area contributed by atoms with Gasteiger partial charge in [0.2, 0.25) is 5.27 Å². The van der Waals surface area contributed by atoms with Crippen LogP contribution in [-0.2, 0) is 4.79 Å². The summed E-state index contributed by atoms with van der Waals surface area (Å²) >= 11 is 1.16. The number of amidine groups is 1. The quantitative estimate of drug-likeness (QED) is 0.222. The van der Waals surface area contributed by atoms with E-state index in [4.69, 9.17) is 4.52 Å². The van der Waals surface area contributed by atoms with E-state index in [-0.39, 0.29) is 17.5 Å². The van der Waals surface area contributed by atoms with Crippen molar-refractivity contribution in [2.75, 3.05) is 28.8 Å². The van der Waals surface area contributed by atoms with Crippen molar-refractivity contribution >= 4 is 46.4 Å². The summed E-state index contributed by atoms with van der Waals surface area (Å²) in [6.07, 6.45) is 6.77. The number of para-hydroxylation sites is 1. The first-order chi connectivity index (χ1) is 17.6. The van der Waals surface area contributed by atoms with Crippen LogP contribution in [0.3, 0.4) is 0 Å². The smallest absolute Gasteiger partial charge is 0.324 e. The largest absolute Gasteiger partial charge is 0.861 e. The molecule has 1 amide bonds. The van der Waals surface area contributed by atoms with Crippen LogP contribution >= 0.6 is 11.8 Å². The maximum atomic E-state index is 13.3. The molecule has 0 radical (unpaired) electrons. The van der Waals surface area contributed by atoms with E-state index < -0.39 is 5.90 Å². The van der Waals surface area contributed by atoms with Crippen LogP contribution in [0.5, 0.6) is 0 Å². The number of carbonyl (C=O) groups excluding carboxylic acids is 1. The van der Waals surface area contributed by atoms with Gasteiger partial charge in [0.15, 0.2) is 5.17 Å². The second kappa shape index (κ2) is 10.8. The fraction of sp³-hybridized carbons (Fsp3) is 0.269. The molecular weight excluding hydrogens is 476 g/mol. The maximum absolute atomic E-state index is 13.3. The average molecular weight is 503 g/mol. The fourth-order valence-corrected chi connectivity index (χ4v) is 4.79. The summed E-state index contributed by atoms with van der Waals surface area (Å²) in [5, 5.41) is 19.1. The van der Waals surface area contributed by atoms with Gasteiger partial charge in [0.25, 0.3) is 12.1 Å². The zero-order chi connectivity index (χ0) is 24.9. The van der Waals surface area contributed by atoms with Gasteiger partial charge < -0.3 is 5.11 Å². The molecule has 9 nitrogen and oxygen atoms in total. The van der Waals surface area contributed by atoms with E-state index in [1.807, 2.05) is 61.5 Å². The Morgan fingerprint density at radius 1 is 1.14 bits per heavy atom. The molecule has 1 fully saturated rings. The predicted molar refractivity (Wildman–Crippen MR) is 139 cm³/mol. The summed E-state index contributed by atoms with van der Waals surface area (Å²) < 4.78 is 5.23. The molecule has 3 heterocycles. The predicted octanol–water partition coefficient (Wildman–Crippen LogP) is 2.96. The highest BCUT2D eigenvalue weighted by molar-refractivity contribution is 8.14. The first-order valence-electron chi connectivity index (χ1n) is 11.8. The van der Waals surface area contributed by atoms with E-state index >= 15 is 0 Å². The van der Waals surface area contributed by atoms with Gasteiger partial charge in [-0.15, -0.1) is 0 Å². The second-order valence-electron chi connectivity index (χ2n) is 8.58. The van der Waals surface area contributed by atoms with Crippen molar-refractivity contribution in [3.8, 4) is 0 Å². The Labute approximate surface area is 213 Å². The van der Waals surface area contributed by atoms with Crippen molar-refractivity contribution < 1.29 is 19.2 Å². The van der Waals surface area contributed by atoms with Crippen LogP contribution in [0.2, 0.25) is 0 Å². The molecule has 0 unspecified atom stereocenters. The van der Waals surface area contributed by atoms with Gasteiger partial charge in [-0.3, -0.25) is 14.2 Å². The van der Waals surface area contributed by atoms with Crippen molar-refractivity contribution in [3.63, 3.8) is 0 Å². The van der Waals surface area contributed by atoms with Crippen molar-refractivity contribution in [1.29, 1.82) is 0 Å². The van der Waals surface area contributed by atoms with E-state index in [9.17, 15) is 9.90 Å². The summed E-state index contributed by atoms with van der Waals surface area (Å²) in [5.74, 6) is -0.500. The third kappa shape index (κ3) is 5.49. The first kappa shape index (κ1) is 23.8. The summed E-state index contributed by atoms with van der Waals surface area (Å²) in [6, 6.07) is 17.1. The Hall–Kier alpha value is -3.92. The van der Waals surface area contributed by atoms with E-state index in [1.54, 1.807) is 17.1 Å². The highest BCUT2D eigenvalue weighted by Gasteiger charge is 2.32. The number of thioether (sulfide) groups is 1. The van der Waals surface area contributed by atoms with Gasteiger partial charge in [0, 0.05) is 5.75 Å². The van der Waals surface area contributed by atoms with Crippen LogP contribution in [0.4, 0.5) is 11.6 Å². The fourth-order valence-electron chi connectivity index (χ4n) is 3.99. The summed E-state index contributed by atoms with van der Waals surface area (Å²) in [6.45, 7) is 3.79. The van der Waals surface area contributed by atoms with Gasteiger partial charge in [-0.05, 0) is 55.9 Å². The lowest BCUT2D eigenvalue weighted by molar-refractivity contribution is -0.759. The zero-order valence-electron chi connectivity index (χ0n) is 19.9. The monoisotopic (exact) mass is 502 g/mol. The topological polar surface area (TPSA) is 101 Å². The minimum Gasteiger partial charge on any atom is -0.861 e. The SMILES string of the molecule is Cc1ccc(/C=C2/N=C(SC/C([O-])=N\c3c[n+](N4CCCCC4)no3)N(c3ccccc3)C2=O)cc1. The molecule has 0 bridgehead atoms. The number of rotatable bonds is 6. The summed E-state index contributed by atoms with van der Waals surface area (Å²) in [4.78, 5) is 25.0. The van der Waals surface area contributed by atoms with Gasteiger partial charge in [0.05, 0.1) is 23.6 Å². The molecule has 1 aromatic heterocycles. The van der Waals surface area contributed by atoms with Crippen LogP contribution in [0, 0.1) is 6.92 Å². The van der Waals surface area contributed by atoms with Gasteiger partial charge in [0.1, 0.15) is 5.70 Å². The standard InChI is InChI=1S/C26H26N6O3S/c1-19-10-12-20(13-11-19)16-22-25(34)32(21-8-4-2-5-9-21)26(27-22)36-18-23(33)28-24-17-31(29-35-24)30-14-6-3-7-15-30/h2,4-5,8-13,16-17H,3,6-7,14-15,18H2,1H3/b22-16+. The number of aliphatic imine (C=N–C) groups is 2. The van der Waals surface area contributed by atoms with Gasteiger partial charge in [-0.25, -0.2) is 9.98 Å². The molecule has 2 aliphatic heterocycles. The molecule has 0 atom stereocenters. The minimum absolute atomic E-state index is 0.00231. The molecule has 2 aliphatic rings. The maximum Gasteiger partial charge on any atom is 0.324 e.